The molecule has 1 saturated heterocycles. The molecule has 5 heteroatoms. The first-order chi connectivity index (χ1) is 9.94. The zero-order valence-corrected chi connectivity index (χ0v) is 14.1. The molecule has 21 heavy (non-hydrogen) atoms. The lowest BCUT2D eigenvalue weighted by molar-refractivity contribution is 0.270. The maximum absolute atomic E-state index is 4.82. The summed E-state index contributed by atoms with van der Waals surface area (Å²) < 4.78 is 0. The van der Waals surface area contributed by atoms with Crippen LogP contribution in [0.2, 0.25) is 0 Å². The number of nitrogens with one attached hydrogen (secondary N) is 1. The van der Waals surface area contributed by atoms with Crippen molar-refractivity contribution in [2.75, 3.05) is 49.5 Å². The number of hydrogen-bond donors (Lipinski definition) is 1. The molecular formula is C16H29N5. The standard InChI is InChI=1S/C16H29N5/c1-6-17-13-12-14(19-15(18-13)16(3,4)5)21-10-8-20(7-2)9-11-21/h12H,6-11H2,1-5H3,(H,17,18,19). The van der Waals surface area contributed by atoms with Gasteiger partial charge in [-0.05, 0) is 13.5 Å². The van der Waals surface area contributed by atoms with Gasteiger partial charge in [-0.15, -0.1) is 0 Å². The second-order valence-corrected chi connectivity index (χ2v) is 6.64. The van der Waals surface area contributed by atoms with Crippen LogP contribution in [0, 0.1) is 0 Å². The molecule has 2 rings (SSSR count). The van der Waals surface area contributed by atoms with Gasteiger partial charge in [-0.1, -0.05) is 27.7 Å². The Balaban J connectivity index is 2.24. The van der Waals surface area contributed by atoms with Crippen molar-refractivity contribution in [1.82, 2.24) is 14.9 Å². The Morgan fingerprint density at radius 3 is 2.29 bits per heavy atom. The van der Waals surface area contributed by atoms with Crippen molar-refractivity contribution in [2.45, 2.75) is 40.0 Å². The predicted molar refractivity (Wildman–Crippen MR) is 89.2 cm³/mol. The molecule has 1 fully saturated rings. The molecule has 1 aliphatic heterocycles. The maximum atomic E-state index is 4.82. The van der Waals surface area contributed by atoms with Gasteiger partial charge in [0.15, 0.2) is 0 Å². The van der Waals surface area contributed by atoms with Crippen molar-refractivity contribution in [3.63, 3.8) is 0 Å². The van der Waals surface area contributed by atoms with Gasteiger partial charge in [-0.25, -0.2) is 9.97 Å². The third kappa shape index (κ3) is 4.06. The van der Waals surface area contributed by atoms with Crippen molar-refractivity contribution in [3.8, 4) is 0 Å². The van der Waals surface area contributed by atoms with E-state index in [1.807, 2.05) is 0 Å². The molecule has 0 radical (unpaired) electrons. The fourth-order valence-electron chi connectivity index (χ4n) is 2.50. The van der Waals surface area contributed by atoms with E-state index in [1.165, 1.54) is 0 Å². The van der Waals surface area contributed by atoms with Gasteiger partial charge in [-0.3, -0.25) is 0 Å². The minimum atomic E-state index is -0.0363. The lowest BCUT2D eigenvalue weighted by Crippen LogP contribution is -2.46. The molecular weight excluding hydrogens is 262 g/mol. The van der Waals surface area contributed by atoms with Crippen LogP contribution in [0.3, 0.4) is 0 Å². The van der Waals surface area contributed by atoms with Crippen LogP contribution in [-0.4, -0.2) is 54.1 Å². The summed E-state index contributed by atoms with van der Waals surface area (Å²) >= 11 is 0. The van der Waals surface area contributed by atoms with Crippen molar-refractivity contribution < 1.29 is 0 Å². The fourth-order valence-corrected chi connectivity index (χ4v) is 2.50. The summed E-state index contributed by atoms with van der Waals surface area (Å²) in [5.74, 6) is 2.90. The molecule has 1 N–H and O–H groups in total. The zero-order chi connectivity index (χ0) is 15.5. The van der Waals surface area contributed by atoms with E-state index in [2.05, 4.69) is 60.8 Å². The van der Waals surface area contributed by atoms with Gasteiger partial charge in [0.1, 0.15) is 17.5 Å². The van der Waals surface area contributed by atoms with E-state index >= 15 is 0 Å². The molecule has 1 aromatic rings. The van der Waals surface area contributed by atoms with Crippen LogP contribution in [0.5, 0.6) is 0 Å². The number of hydrogen-bond acceptors (Lipinski definition) is 5. The average Bonchev–Trinajstić information content (AvgIpc) is 2.46. The molecule has 0 aliphatic carbocycles. The highest BCUT2D eigenvalue weighted by atomic mass is 15.3. The third-order valence-corrected chi connectivity index (χ3v) is 3.88. The van der Waals surface area contributed by atoms with Crippen LogP contribution in [0.4, 0.5) is 11.6 Å². The molecule has 0 aromatic carbocycles. The Kier molecular flexibility index (Phi) is 5.04. The van der Waals surface area contributed by atoms with Gasteiger partial charge in [0.25, 0.3) is 0 Å². The number of anilines is 2. The average molecular weight is 291 g/mol. The highest BCUT2D eigenvalue weighted by Gasteiger charge is 2.22. The quantitative estimate of drug-likeness (QED) is 0.922. The van der Waals surface area contributed by atoms with E-state index in [0.717, 1.165) is 56.7 Å². The molecule has 0 unspecified atom stereocenters. The summed E-state index contributed by atoms with van der Waals surface area (Å²) in [4.78, 5) is 14.3. The highest BCUT2D eigenvalue weighted by Crippen LogP contribution is 2.24. The molecule has 1 aliphatic rings. The van der Waals surface area contributed by atoms with Crippen LogP contribution in [0.1, 0.15) is 40.4 Å². The van der Waals surface area contributed by atoms with Crippen LogP contribution in [-0.2, 0) is 5.41 Å². The molecule has 0 amide bonds. The van der Waals surface area contributed by atoms with Crippen LogP contribution < -0.4 is 10.2 Å². The molecule has 118 valence electrons. The molecule has 0 atom stereocenters. The van der Waals surface area contributed by atoms with E-state index in [9.17, 15) is 0 Å². The Morgan fingerprint density at radius 1 is 1.10 bits per heavy atom. The van der Waals surface area contributed by atoms with Gasteiger partial charge < -0.3 is 15.1 Å². The van der Waals surface area contributed by atoms with Crippen LogP contribution in [0.25, 0.3) is 0 Å². The monoisotopic (exact) mass is 291 g/mol. The summed E-state index contributed by atoms with van der Waals surface area (Å²) in [5.41, 5.74) is -0.0363. The van der Waals surface area contributed by atoms with Crippen molar-refractivity contribution in [1.29, 1.82) is 0 Å². The molecule has 0 bridgehead atoms. The summed E-state index contributed by atoms with van der Waals surface area (Å²) in [7, 11) is 0. The zero-order valence-electron chi connectivity index (χ0n) is 14.1. The van der Waals surface area contributed by atoms with E-state index in [-0.39, 0.29) is 5.41 Å². The first-order valence-electron chi connectivity index (χ1n) is 8.04. The van der Waals surface area contributed by atoms with Crippen molar-refractivity contribution >= 4 is 11.6 Å². The Morgan fingerprint density at radius 2 is 1.76 bits per heavy atom. The normalized spacial score (nSPS) is 17.1. The number of piperazine rings is 1. The first-order valence-corrected chi connectivity index (χ1v) is 8.04. The van der Waals surface area contributed by atoms with Gasteiger partial charge in [-0.2, -0.15) is 0 Å². The Bertz CT molecular complexity index is 458. The Labute approximate surface area is 128 Å². The number of aromatic nitrogens is 2. The number of nitrogens with zero attached hydrogens (tertiary/aromatic N) is 4. The molecule has 0 saturated carbocycles. The molecule has 1 aromatic heterocycles. The second kappa shape index (κ2) is 6.60. The molecule has 0 spiro atoms. The number of rotatable bonds is 4. The fraction of sp³-hybridized carbons (Fsp3) is 0.750. The van der Waals surface area contributed by atoms with Crippen LogP contribution in [0.15, 0.2) is 6.07 Å². The van der Waals surface area contributed by atoms with Gasteiger partial charge in [0.05, 0.1) is 0 Å². The van der Waals surface area contributed by atoms with Crippen LogP contribution >= 0.6 is 0 Å². The summed E-state index contributed by atoms with van der Waals surface area (Å²) in [6.45, 7) is 17.1. The minimum Gasteiger partial charge on any atom is -0.370 e. The summed E-state index contributed by atoms with van der Waals surface area (Å²) in [6, 6.07) is 2.08. The van der Waals surface area contributed by atoms with Gasteiger partial charge in [0.2, 0.25) is 0 Å². The van der Waals surface area contributed by atoms with Crippen molar-refractivity contribution in [2.24, 2.45) is 0 Å². The number of likely N-dealkylation sites (N-methyl/N-ethyl adjacent to an activating group) is 1. The largest absolute Gasteiger partial charge is 0.370 e. The third-order valence-electron chi connectivity index (χ3n) is 3.88. The smallest absolute Gasteiger partial charge is 0.138 e. The lowest BCUT2D eigenvalue weighted by atomic mass is 9.96. The molecule has 5 nitrogen and oxygen atoms in total. The topological polar surface area (TPSA) is 44.3 Å². The molecule has 2 heterocycles. The maximum Gasteiger partial charge on any atom is 0.138 e. The van der Waals surface area contributed by atoms with Gasteiger partial charge >= 0.3 is 0 Å². The minimum absolute atomic E-state index is 0.0363. The van der Waals surface area contributed by atoms with Crippen molar-refractivity contribution in [3.05, 3.63) is 11.9 Å². The lowest BCUT2D eigenvalue weighted by Gasteiger charge is -2.35. The second-order valence-electron chi connectivity index (χ2n) is 6.64. The van der Waals surface area contributed by atoms with E-state index in [4.69, 9.17) is 4.98 Å². The van der Waals surface area contributed by atoms with Gasteiger partial charge in [0, 0.05) is 44.2 Å². The summed E-state index contributed by atoms with van der Waals surface area (Å²) in [6.07, 6.45) is 0. The van der Waals surface area contributed by atoms with E-state index in [0.29, 0.717) is 0 Å². The van der Waals surface area contributed by atoms with E-state index < -0.39 is 0 Å². The Hall–Kier alpha value is -1.36. The predicted octanol–water partition coefficient (Wildman–Crippen LogP) is 2.35. The highest BCUT2D eigenvalue weighted by molar-refractivity contribution is 5.50. The van der Waals surface area contributed by atoms with E-state index in [1.54, 1.807) is 0 Å². The summed E-state index contributed by atoms with van der Waals surface area (Å²) in [5, 5.41) is 3.33. The SMILES string of the molecule is CCNc1cc(N2CCN(CC)CC2)nc(C(C)(C)C)n1. The first kappa shape index (κ1) is 16.0.